The molecule has 6 heteroatoms. The molecule has 0 radical (unpaired) electrons. The number of hydrogen-bond donors (Lipinski definition) is 0. The van der Waals surface area contributed by atoms with Gasteiger partial charge in [0.05, 0.1) is 12.4 Å². The van der Waals surface area contributed by atoms with Crippen molar-refractivity contribution in [2.24, 2.45) is 9.98 Å². The number of halogens is 2. The van der Waals surface area contributed by atoms with Crippen molar-refractivity contribution in [1.29, 1.82) is 0 Å². The average molecular weight is 277 g/mol. The van der Waals surface area contributed by atoms with E-state index in [1.165, 1.54) is 0 Å². The van der Waals surface area contributed by atoms with Crippen molar-refractivity contribution in [3.05, 3.63) is 23.7 Å². The summed E-state index contributed by atoms with van der Waals surface area (Å²) in [5.41, 5.74) is 0. The van der Waals surface area contributed by atoms with Gasteiger partial charge in [-0.3, -0.25) is 9.98 Å². The molecule has 3 nitrogen and oxygen atoms in total. The molecule has 80 valence electrons. The predicted octanol–water partition coefficient (Wildman–Crippen LogP) is 2.75. The Bertz CT molecular complexity index is 273. The molecule has 0 saturated heterocycles. The SMILES string of the molecule is CN=Cc1ccc(C=NC)o1.[Cl][Fe][Cl]. The molecule has 0 fully saturated rings. The van der Waals surface area contributed by atoms with Crippen LogP contribution in [0.25, 0.3) is 0 Å². The summed E-state index contributed by atoms with van der Waals surface area (Å²) in [7, 11) is 12.9. The van der Waals surface area contributed by atoms with Gasteiger partial charge in [-0.25, -0.2) is 0 Å². The van der Waals surface area contributed by atoms with Gasteiger partial charge in [-0.2, -0.15) is 0 Å². The molecule has 0 amide bonds. The summed E-state index contributed by atoms with van der Waals surface area (Å²) in [6.45, 7) is 0. The van der Waals surface area contributed by atoms with Crippen LogP contribution in [0, 0.1) is 0 Å². The van der Waals surface area contributed by atoms with Gasteiger partial charge in [0, 0.05) is 14.1 Å². The van der Waals surface area contributed by atoms with Crippen LogP contribution < -0.4 is 0 Å². The number of furan rings is 1. The van der Waals surface area contributed by atoms with Crippen molar-refractivity contribution in [2.75, 3.05) is 14.1 Å². The second-order valence-corrected chi connectivity index (χ2v) is 3.89. The van der Waals surface area contributed by atoms with E-state index in [2.05, 4.69) is 9.98 Å². The Balaban J connectivity index is 0.000000500. The third-order valence-electron chi connectivity index (χ3n) is 1.16. The van der Waals surface area contributed by atoms with Crippen LogP contribution in [0.3, 0.4) is 0 Å². The van der Waals surface area contributed by atoms with Crippen LogP contribution in [-0.2, 0) is 13.1 Å². The maximum atomic E-state index is 5.27. The van der Waals surface area contributed by atoms with Crippen LogP contribution in [0.1, 0.15) is 11.5 Å². The molecule has 1 heterocycles. The molecule has 1 aromatic heterocycles. The molecular weight excluding hydrogens is 267 g/mol. The first-order valence-corrected chi connectivity index (χ1v) is 6.61. The second kappa shape index (κ2) is 9.28. The van der Waals surface area contributed by atoms with E-state index in [0.717, 1.165) is 11.5 Å². The fourth-order valence-electron chi connectivity index (χ4n) is 0.762. The van der Waals surface area contributed by atoms with E-state index >= 15 is 0 Å². The van der Waals surface area contributed by atoms with Crippen LogP contribution in [0.2, 0.25) is 0 Å². The molecule has 14 heavy (non-hydrogen) atoms. The Morgan fingerprint density at radius 2 is 1.50 bits per heavy atom. The Labute approximate surface area is 97.8 Å². The van der Waals surface area contributed by atoms with E-state index in [4.69, 9.17) is 24.6 Å². The molecule has 0 atom stereocenters. The van der Waals surface area contributed by atoms with Crippen molar-refractivity contribution in [3.8, 4) is 0 Å². The first-order chi connectivity index (χ1) is 6.78. The second-order valence-electron chi connectivity index (χ2n) is 2.07. The topological polar surface area (TPSA) is 37.9 Å². The zero-order valence-electron chi connectivity index (χ0n) is 7.72. The molecule has 0 unspecified atom stereocenters. The van der Waals surface area contributed by atoms with Gasteiger partial charge >= 0.3 is 33.3 Å². The summed E-state index contributed by atoms with van der Waals surface area (Å²) in [5.74, 6) is 1.50. The van der Waals surface area contributed by atoms with Crippen molar-refractivity contribution in [3.63, 3.8) is 0 Å². The molecule has 0 N–H and O–H groups in total. The fraction of sp³-hybridized carbons (Fsp3) is 0.250. The van der Waals surface area contributed by atoms with Crippen molar-refractivity contribution >= 4 is 32.6 Å². The third kappa shape index (κ3) is 6.22. The monoisotopic (exact) mass is 276 g/mol. The molecule has 0 saturated carbocycles. The van der Waals surface area contributed by atoms with Gasteiger partial charge in [-0.05, 0) is 12.1 Å². The Hall–Kier alpha value is -0.281. The minimum absolute atomic E-state index is 0.194. The number of hydrogen-bond acceptors (Lipinski definition) is 3. The van der Waals surface area contributed by atoms with Gasteiger partial charge in [-0.15, -0.1) is 0 Å². The fourth-order valence-corrected chi connectivity index (χ4v) is 0.762. The third-order valence-corrected chi connectivity index (χ3v) is 1.16. The Morgan fingerprint density at radius 3 is 1.79 bits per heavy atom. The van der Waals surface area contributed by atoms with E-state index in [-0.39, 0.29) is 13.1 Å². The summed E-state index contributed by atoms with van der Waals surface area (Å²) in [6, 6.07) is 3.70. The van der Waals surface area contributed by atoms with Crippen molar-refractivity contribution in [1.82, 2.24) is 0 Å². The summed E-state index contributed by atoms with van der Waals surface area (Å²) in [5, 5.41) is 0. The van der Waals surface area contributed by atoms with E-state index < -0.39 is 0 Å². The molecule has 0 aliphatic carbocycles. The quantitative estimate of drug-likeness (QED) is 0.605. The van der Waals surface area contributed by atoms with Gasteiger partial charge in [0.15, 0.2) is 0 Å². The summed E-state index contributed by atoms with van der Waals surface area (Å²) in [4.78, 5) is 7.63. The minimum atomic E-state index is 0.194. The summed E-state index contributed by atoms with van der Waals surface area (Å²) in [6.07, 6.45) is 3.32. The first kappa shape index (κ1) is 13.7. The van der Waals surface area contributed by atoms with Crippen LogP contribution in [0.4, 0.5) is 0 Å². The van der Waals surface area contributed by atoms with E-state index in [0.29, 0.717) is 0 Å². The van der Waals surface area contributed by atoms with Gasteiger partial charge in [-0.1, -0.05) is 0 Å². The van der Waals surface area contributed by atoms with Gasteiger partial charge in [0.25, 0.3) is 0 Å². The van der Waals surface area contributed by atoms with E-state index in [1.807, 2.05) is 12.1 Å². The standard InChI is InChI=1S/C8H10N2O.2ClH.Fe/c1-9-5-7-3-4-8(11-7)6-10-2;;;/h3-6H,1-2H3;2*1H;/q;;;+2/p-2. The molecule has 0 bridgehead atoms. The predicted molar refractivity (Wildman–Crippen MR) is 57.5 cm³/mol. The summed E-state index contributed by atoms with van der Waals surface area (Å²) < 4.78 is 5.27. The molecule has 0 aliphatic rings. The van der Waals surface area contributed by atoms with Gasteiger partial charge in [0.1, 0.15) is 11.5 Å². The molecular formula is C8H10Cl2FeN2O. The molecule has 0 spiro atoms. The first-order valence-electron chi connectivity index (χ1n) is 3.57. The molecule has 1 rings (SSSR count). The van der Waals surface area contributed by atoms with E-state index in [9.17, 15) is 0 Å². The van der Waals surface area contributed by atoms with Crippen LogP contribution >= 0.6 is 20.2 Å². The Kier molecular flexibility index (Phi) is 9.10. The molecule has 1 aromatic rings. The normalized spacial score (nSPS) is 10.9. The summed E-state index contributed by atoms with van der Waals surface area (Å²) >= 11 is 0.194. The van der Waals surface area contributed by atoms with Crippen molar-refractivity contribution in [2.45, 2.75) is 0 Å². The average Bonchev–Trinajstić information content (AvgIpc) is 2.55. The van der Waals surface area contributed by atoms with Crippen LogP contribution in [0.5, 0.6) is 0 Å². The van der Waals surface area contributed by atoms with Crippen LogP contribution in [-0.4, -0.2) is 26.5 Å². The molecule has 0 aliphatic heterocycles. The zero-order valence-corrected chi connectivity index (χ0v) is 10.3. The molecule has 0 aromatic carbocycles. The van der Waals surface area contributed by atoms with Gasteiger partial charge in [0.2, 0.25) is 0 Å². The van der Waals surface area contributed by atoms with E-state index in [1.54, 1.807) is 26.5 Å². The van der Waals surface area contributed by atoms with Crippen LogP contribution in [0.15, 0.2) is 26.5 Å². The zero-order chi connectivity index (χ0) is 10.8. The number of aliphatic imine (C=N–C) groups is 2. The number of rotatable bonds is 2. The number of nitrogens with zero attached hydrogens (tertiary/aromatic N) is 2. The maximum absolute atomic E-state index is 5.27. The Morgan fingerprint density at radius 1 is 1.14 bits per heavy atom. The van der Waals surface area contributed by atoms with Gasteiger partial charge < -0.3 is 4.42 Å². The van der Waals surface area contributed by atoms with Crippen molar-refractivity contribution < 1.29 is 17.6 Å².